The quantitative estimate of drug-likeness (QED) is 0.825. The Morgan fingerprint density at radius 1 is 1.45 bits per heavy atom. The second-order valence-corrected chi connectivity index (χ2v) is 6.92. The van der Waals surface area contributed by atoms with Crippen molar-refractivity contribution < 1.29 is 17.6 Å². The van der Waals surface area contributed by atoms with Crippen molar-refractivity contribution in [2.75, 3.05) is 7.05 Å². The number of hydrogen-bond donors (Lipinski definition) is 2. The molecular weight excluding hydrogens is 306 g/mol. The van der Waals surface area contributed by atoms with Gasteiger partial charge in [0, 0.05) is 25.7 Å². The molecule has 0 saturated carbocycles. The van der Waals surface area contributed by atoms with Gasteiger partial charge in [-0.2, -0.15) is 0 Å². The minimum Gasteiger partial charge on any atom is -0.469 e. The van der Waals surface area contributed by atoms with Crippen LogP contribution in [0.3, 0.4) is 0 Å². The SMILES string of the molecule is CNS(=O)(=O)c1cc(C(=O)N[C@@H](C)Cc2ccco2)n(C)c1. The molecule has 0 bridgehead atoms. The van der Waals surface area contributed by atoms with E-state index in [1.165, 1.54) is 23.9 Å². The molecule has 2 aromatic rings. The van der Waals surface area contributed by atoms with Crippen LogP contribution in [0.5, 0.6) is 0 Å². The second kappa shape index (κ2) is 6.37. The molecular formula is C14H19N3O4S. The van der Waals surface area contributed by atoms with Gasteiger partial charge in [0.15, 0.2) is 0 Å². The van der Waals surface area contributed by atoms with Gasteiger partial charge in [0.1, 0.15) is 16.3 Å². The molecule has 8 heteroatoms. The average molecular weight is 325 g/mol. The van der Waals surface area contributed by atoms with Gasteiger partial charge in [-0.1, -0.05) is 0 Å². The number of hydrogen-bond acceptors (Lipinski definition) is 4. The minimum atomic E-state index is -3.57. The third-order valence-electron chi connectivity index (χ3n) is 3.26. The summed E-state index contributed by atoms with van der Waals surface area (Å²) in [6, 6.07) is 4.83. The summed E-state index contributed by atoms with van der Waals surface area (Å²) in [6.07, 6.45) is 3.54. The molecule has 0 unspecified atom stereocenters. The zero-order chi connectivity index (χ0) is 16.3. The monoisotopic (exact) mass is 325 g/mol. The molecule has 0 aliphatic rings. The lowest BCUT2D eigenvalue weighted by Crippen LogP contribution is -2.34. The molecule has 7 nitrogen and oxygen atoms in total. The summed E-state index contributed by atoms with van der Waals surface area (Å²) in [7, 11) is -0.616. The highest BCUT2D eigenvalue weighted by Gasteiger charge is 2.20. The van der Waals surface area contributed by atoms with Crippen molar-refractivity contribution in [3.05, 3.63) is 42.1 Å². The second-order valence-electron chi connectivity index (χ2n) is 5.04. The van der Waals surface area contributed by atoms with Gasteiger partial charge in [-0.25, -0.2) is 13.1 Å². The highest BCUT2D eigenvalue weighted by Crippen LogP contribution is 2.13. The molecule has 120 valence electrons. The van der Waals surface area contributed by atoms with Gasteiger partial charge in [0.05, 0.1) is 6.26 Å². The Hall–Kier alpha value is -2.06. The fraction of sp³-hybridized carbons (Fsp3) is 0.357. The number of furan rings is 1. The van der Waals surface area contributed by atoms with E-state index in [4.69, 9.17) is 4.42 Å². The maximum absolute atomic E-state index is 12.3. The average Bonchev–Trinajstić information content (AvgIpc) is 3.08. The lowest BCUT2D eigenvalue weighted by Gasteiger charge is -2.12. The number of nitrogens with one attached hydrogen (secondary N) is 2. The first-order chi connectivity index (χ1) is 10.3. The Labute approximate surface area is 129 Å². The Morgan fingerprint density at radius 2 is 2.18 bits per heavy atom. The van der Waals surface area contributed by atoms with Crippen molar-refractivity contribution in [1.82, 2.24) is 14.6 Å². The van der Waals surface area contributed by atoms with Crippen LogP contribution in [-0.2, 0) is 23.5 Å². The Bertz CT molecular complexity index is 747. The van der Waals surface area contributed by atoms with Crippen LogP contribution < -0.4 is 10.0 Å². The topological polar surface area (TPSA) is 93.3 Å². The van der Waals surface area contributed by atoms with E-state index >= 15 is 0 Å². The Morgan fingerprint density at radius 3 is 2.77 bits per heavy atom. The van der Waals surface area contributed by atoms with Crippen molar-refractivity contribution in [1.29, 1.82) is 0 Å². The van der Waals surface area contributed by atoms with Crippen LogP contribution in [0.1, 0.15) is 23.2 Å². The van der Waals surface area contributed by atoms with E-state index in [0.717, 1.165) is 5.76 Å². The van der Waals surface area contributed by atoms with Crippen LogP contribution in [-0.4, -0.2) is 32.0 Å². The molecule has 0 saturated heterocycles. The minimum absolute atomic E-state index is 0.0568. The van der Waals surface area contributed by atoms with E-state index in [2.05, 4.69) is 10.0 Å². The lowest BCUT2D eigenvalue weighted by molar-refractivity contribution is 0.0931. The molecule has 2 rings (SSSR count). The summed E-state index contributed by atoms with van der Waals surface area (Å²) < 4.78 is 32.5. The number of sulfonamides is 1. The normalized spacial score (nSPS) is 13.0. The summed E-state index contributed by atoms with van der Waals surface area (Å²) in [4.78, 5) is 12.3. The molecule has 22 heavy (non-hydrogen) atoms. The van der Waals surface area contributed by atoms with Crippen molar-refractivity contribution in [2.45, 2.75) is 24.3 Å². The summed E-state index contributed by atoms with van der Waals surface area (Å²) in [5.41, 5.74) is 0.278. The smallest absolute Gasteiger partial charge is 0.268 e. The number of amides is 1. The number of nitrogens with zero attached hydrogens (tertiary/aromatic N) is 1. The van der Waals surface area contributed by atoms with E-state index in [-0.39, 0.29) is 22.5 Å². The molecule has 0 spiro atoms. The number of rotatable bonds is 6. The molecule has 0 aliphatic carbocycles. The maximum atomic E-state index is 12.3. The molecule has 2 heterocycles. The van der Waals surface area contributed by atoms with Crippen molar-refractivity contribution in [3.63, 3.8) is 0 Å². The lowest BCUT2D eigenvalue weighted by atomic mass is 10.2. The predicted octanol–water partition coefficient (Wildman–Crippen LogP) is 0.887. The Balaban J connectivity index is 2.10. The third-order valence-corrected chi connectivity index (χ3v) is 4.64. The zero-order valence-electron chi connectivity index (χ0n) is 12.7. The van der Waals surface area contributed by atoms with Crippen LogP contribution in [0.2, 0.25) is 0 Å². The van der Waals surface area contributed by atoms with E-state index in [0.29, 0.717) is 6.42 Å². The molecule has 0 fully saturated rings. The van der Waals surface area contributed by atoms with Gasteiger partial charge in [-0.3, -0.25) is 4.79 Å². The fourth-order valence-electron chi connectivity index (χ4n) is 2.10. The number of carbonyl (C=O) groups excluding carboxylic acids is 1. The van der Waals surface area contributed by atoms with E-state index in [1.54, 1.807) is 19.4 Å². The predicted molar refractivity (Wildman–Crippen MR) is 81.0 cm³/mol. The first-order valence-electron chi connectivity index (χ1n) is 6.76. The molecule has 2 N–H and O–H groups in total. The molecule has 2 aromatic heterocycles. The van der Waals surface area contributed by atoms with Crippen molar-refractivity contribution >= 4 is 15.9 Å². The van der Waals surface area contributed by atoms with Gasteiger partial charge in [0.2, 0.25) is 10.0 Å². The van der Waals surface area contributed by atoms with Crippen LogP contribution in [0, 0.1) is 0 Å². The van der Waals surface area contributed by atoms with E-state index in [9.17, 15) is 13.2 Å². The van der Waals surface area contributed by atoms with E-state index in [1.807, 2.05) is 13.0 Å². The summed E-state index contributed by atoms with van der Waals surface area (Å²) >= 11 is 0. The van der Waals surface area contributed by atoms with Gasteiger partial charge < -0.3 is 14.3 Å². The van der Waals surface area contributed by atoms with Gasteiger partial charge >= 0.3 is 0 Å². The standard InChI is InChI=1S/C14H19N3O4S/c1-10(7-11-5-4-6-21-11)16-14(18)13-8-12(9-17(13)3)22(19,20)15-2/h4-6,8-10,15H,7H2,1-3H3,(H,16,18)/t10-/m0/s1. The van der Waals surface area contributed by atoms with Gasteiger partial charge in [-0.05, 0) is 32.2 Å². The van der Waals surface area contributed by atoms with Crippen LogP contribution >= 0.6 is 0 Å². The summed E-state index contributed by atoms with van der Waals surface area (Å²) in [5, 5.41) is 2.82. The molecule has 1 atom stereocenters. The fourth-order valence-corrected chi connectivity index (χ4v) is 2.90. The third kappa shape index (κ3) is 3.58. The first-order valence-corrected chi connectivity index (χ1v) is 8.25. The van der Waals surface area contributed by atoms with Crippen molar-refractivity contribution in [2.24, 2.45) is 7.05 Å². The number of carbonyl (C=O) groups is 1. The maximum Gasteiger partial charge on any atom is 0.268 e. The highest BCUT2D eigenvalue weighted by molar-refractivity contribution is 7.89. The number of aryl methyl sites for hydroxylation is 1. The Kier molecular flexibility index (Phi) is 4.72. The van der Waals surface area contributed by atoms with E-state index < -0.39 is 10.0 Å². The van der Waals surface area contributed by atoms with Crippen LogP contribution in [0.15, 0.2) is 40.0 Å². The molecule has 1 amide bonds. The van der Waals surface area contributed by atoms with Crippen molar-refractivity contribution in [3.8, 4) is 0 Å². The number of aromatic nitrogens is 1. The van der Waals surface area contributed by atoms with Crippen LogP contribution in [0.4, 0.5) is 0 Å². The van der Waals surface area contributed by atoms with Gasteiger partial charge in [0.25, 0.3) is 5.91 Å². The van der Waals surface area contributed by atoms with Gasteiger partial charge in [-0.15, -0.1) is 0 Å². The molecule has 0 aliphatic heterocycles. The highest BCUT2D eigenvalue weighted by atomic mass is 32.2. The summed E-state index contributed by atoms with van der Waals surface area (Å²) in [6.45, 7) is 1.86. The summed E-state index contributed by atoms with van der Waals surface area (Å²) in [5.74, 6) is 0.442. The zero-order valence-corrected chi connectivity index (χ0v) is 13.5. The molecule has 0 radical (unpaired) electrons. The van der Waals surface area contributed by atoms with Crippen LogP contribution in [0.25, 0.3) is 0 Å². The largest absolute Gasteiger partial charge is 0.469 e. The molecule has 0 aromatic carbocycles. The first kappa shape index (κ1) is 16.3.